The molecule has 3 aromatic carbocycles. The molecule has 0 radical (unpaired) electrons. The van der Waals surface area contributed by atoms with Gasteiger partial charge in [0.1, 0.15) is 5.75 Å². The maximum atomic E-state index is 13.5. The molecular formula is C26H28N2O4S. The number of hydrogen-bond donors (Lipinski definition) is 2. The molecule has 4 rings (SSSR count). The maximum Gasteiger partial charge on any atom is 0.240 e. The first-order chi connectivity index (χ1) is 15.6. The minimum Gasteiger partial charge on any atom is -0.497 e. The summed E-state index contributed by atoms with van der Waals surface area (Å²) < 4.78 is 31.5. The summed E-state index contributed by atoms with van der Waals surface area (Å²) in [5.74, 6) is 0.722. The molecule has 2 N–H and O–H groups in total. The Kier molecular flexibility index (Phi) is 5.80. The van der Waals surface area contributed by atoms with E-state index in [2.05, 4.69) is 23.9 Å². The molecule has 172 valence electrons. The van der Waals surface area contributed by atoms with Crippen LogP contribution in [0.25, 0.3) is 11.1 Å². The van der Waals surface area contributed by atoms with Crippen LogP contribution in [0.2, 0.25) is 0 Å². The Balaban J connectivity index is 1.58. The summed E-state index contributed by atoms with van der Waals surface area (Å²) in [6.07, 6.45) is 0.763. The van der Waals surface area contributed by atoms with Crippen LogP contribution >= 0.6 is 0 Å². The molecule has 1 unspecified atom stereocenters. The number of benzene rings is 3. The molecule has 1 atom stereocenters. The summed E-state index contributed by atoms with van der Waals surface area (Å²) in [5.41, 5.74) is 2.66. The fourth-order valence-electron chi connectivity index (χ4n) is 4.46. The molecule has 33 heavy (non-hydrogen) atoms. The third-order valence-electron chi connectivity index (χ3n) is 6.59. The number of hydrogen-bond acceptors (Lipinski definition) is 4. The van der Waals surface area contributed by atoms with Crippen molar-refractivity contribution in [2.24, 2.45) is 5.41 Å². The molecule has 1 aliphatic rings. The lowest BCUT2D eigenvalue weighted by Crippen LogP contribution is -2.32. The van der Waals surface area contributed by atoms with Crippen molar-refractivity contribution in [3.63, 3.8) is 0 Å². The first-order valence-electron chi connectivity index (χ1n) is 10.7. The third-order valence-corrected chi connectivity index (χ3v) is 8.03. The summed E-state index contributed by atoms with van der Waals surface area (Å²) in [5, 5.41) is 3.11. The van der Waals surface area contributed by atoms with Crippen LogP contribution in [0.5, 0.6) is 5.75 Å². The second kappa shape index (κ2) is 8.32. The molecule has 0 heterocycles. The second-order valence-electron chi connectivity index (χ2n) is 8.96. The number of carbonyl (C=O) groups excluding carboxylic acids is 1. The van der Waals surface area contributed by atoms with Gasteiger partial charge in [0, 0.05) is 5.69 Å². The topological polar surface area (TPSA) is 84.5 Å². The molecular weight excluding hydrogens is 436 g/mol. The predicted molar refractivity (Wildman–Crippen MR) is 130 cm³/mol. The molecule has 0 bridgehead atoms. The fourth-order valence-corrected chi connectivity index (χ4v) is 5.19. The number of carbonyl (C=O) groups is 1. The Morgan fingerprint density at radius 1 is 0.939 bits per heavy atom. The van der Waals surface area contributed by atoms with E-state index in [4.69, 9.17) is 4.74 Å². The summed E-state index contributed by atoms with van der Waals surface area (Å²) >= 11 is 0. The molecule has 0 spiro atoms. The molecule has 6 nitrogen and oxygen atoms in total. The Morgan fingerprint density at radius 2 is 1.58 bits per heavy atom. The Morgan fingerprint density at radius 3 is 2.12 bits per heavy atom. The lowest BCUT2D eigenvalue weighted by Gasteiger charge is -2.21. The first kappa shape index (κ1) is 23.0. The molecule has 7 heteroatoms. The molecule has 3 aromatic rings. The molecule has 0 saturated heterocycles. The third kappa shape index (κ3) is 4.14. The highest BCUT2D eigenvalue weighted by Crippen LogP contribution is 2.64. The van der Waals surface area contributed by atoms with Crippen LogP contribution in [-0.4, -0.2) is 28.5 Å². The van der Waals surface area contributed by atoms with Gasteiger partial charge in [-0.25, -0.2) is 13.1 Å². The number of methoxy groups -OCH3 is 1. The summed E-state index contributed by atoms with van der Waals surface area (Å²) in [6.45, 7) is 4.21. The van der Waals surface area contributed by atoms with Crippen molar-refractivity contribution in [2.45, 2.75) is 30.6 Å². The van der Waals surface area contributed by atoms with E-state index in [0.29, 0.717) is 5.69 Å². The average molecular weight is 465 g/mol. The van der Waals surface area contributed by atoms with E-state index in [1.807, 2.05) is 48.5 Å². The minimum absolute atomic E-state index is 0.0368. The van der Waals surface area contributed by atoms with Crippen molar-refractivity contribution < 1.29 is 17.9 Å². The van der Waals surface area contributed by atoms with E-state index < -0.39 is 15.4 Å². The van der Waals surface area contributed by atoms with Gasteiger partial charge in [0.2, 0.25) is 15.9 Å². The van der Waals surface area contributed by atoms with Gasteiger partial charge in [-0.3, -0.25) is 4.79 Å². The fraction of sp³-hybridized carbons (Fsp3) is 0.269. The van der Waals surface area contributed by atoms with Crippen molar-refractivity contribution in [2.75, 3.05) is 19.5 Å². The number of rotatable bonds is 7. The molecule has 1 fully saturated rings. The van der Waals surface area contributed by atoms with Crippen molar-refractivity contribution in [3.8, 4) is 16.9 Å². The Labute approximate surface area is 195 Å². The van der Waals surface area contributed by atoms with E-state index in [9.17, 15) is 13.2 Å². The van der Waals surface area contributed by atoms with Gasteiger partial charge in [-0.2, -0.15) is 0 Å². The van der Waals surface area contributed by atoms with Gasteiger partial charge in [0.15, 0.2) is 0 Å². The highest BCUT2D eigenvalue weighted by molar-refractivity contribution is 7.89. The van der Waals surface area contributed by atoms with Crippen LogP contribution in [0.3, 0.4) is 0 Å². The van der Waals surface area contributed by atoms with Gasteiger partial charge in [-0.1, -0.05) is 50.2 Å². The zero-order chi connectivity index (χ0) is 23.9. The monoisotopic (exact) mass is 464 g/mol. The van der Waals surface area contributed by atoms with Crippen molar-refractivity contribution >= 4 is 21.6 Å². The van der Waals surface area contributed by atoms with Crippen molar-refractivity contribution in [1.82, 2.24) is 4.72 Å². The van der Waals surface area contributed by atoms with Gasteiger partial charge in [-0.05, 0) is 72.0 Å². The minimum atomic E-state index is -3.49. The van der Waals surface area contributed by atoms with Gasteiger partial charge >= 0.3 is 0 Å². The SMILES string of the molecule is CNS(=O)(=O)c1ccc(-c2cccc(NC(=O)C3(c4ccc(OC)cc4)CC3(C)C)c2)cc1. The molecule has 0 aromatic heterocycles. The Bertz CT molecular complexity index is 1280. The highest BCUT2D eigenvalue weighted by Gasteiger charge is 2.67. The Hall–Kier alpha value is -3.16. The summed E-state index contributed by atoms with van der Waals surface area (Å²) in [7, 11) is -0.480. The van der Waals surface area contributed by atoms with Crippen LogP contribution < -0.4 is 14.8 Å². The number of ether oxygens (including phenoxy) is 1. The van der Waals surface area contributed by atoms with E-state index in [1.165, 1.54) is 7.05 Å². The molecule has 1 amide bonds. The van der Waals surface area contributed by atoms with Gasteiger partial charge in [-0.15, -0.1) is 0 Å². The van der Waals surface area contributed by atoms with Crippen LogP contribution in [0.15, 0.2) is 77.7 Å². The zero-order valence-corrected chi connectivity index (χ0v) is 20.0. The first-order valence-corrected chi connectivity index (χ1v) is 12.2. The predicted octanol–water partition coefficient (Wildman–Crippen LogP) is 4.58. The summed E-state index contributed by atoms with van der Waals surface area (Å²) in [6, 6.07) is 21.9. The van der Waals surface area contributed by atoms with Crippen LogP contribution in [0.1, 0.15) is 25.8 Å². The normalized spacial score (nSPS) is 19.0. The van der Waals surface area contributed by atoms with Gasteiger partial charge in [0.25, 0.3) is 0 Å². The van der Waals surface area contributed by atoms with Crippen LogP contribution in [0.4, 0.5) is 5.69 Å². The number of nitrogens with one attached hydrogen (secondary N) is 2. The largest absolute Gasteiger partial charge is 0.497 e. The van der Waals surface area contributed by atoms with Crippen LogP contribution in [0, 0.1) is 5.41 Å². The van der Waals surface area contributed by atoms with E-state index in [-0.39, 0.29) is 16.2 Å². The number of anilines is 1. The zero-order valence-electron chi connectivity index (χ0n) is 19.2. The molecule has 0 aliphatic heterocycles. The lowest BCUT2D eigenvalue weighted by atomic mass is 9.87. The van der Waals surface area contributed by atoms with Crippen LogP contribution in [-0.2, 0) is 20.2 Å². The van der Waals surface area contributed by atoms with E-state index in [0.717, 1.165) is 28.9 Å². The van der Waals surface area contributed by atoms with Gasteiger partial charge < -0.3 is 10.1 Å². The molecule has 1 aliphatic carbocycles. The van der Waals surface area contributed by atoms with E-state index >= 15 is 0 Å². The molecule has 1 saturated carbocycles. The number of sulfonamides is 1. The second-order valence-corrected chi connectivity index (χ2v) is 10.8. The standard InChI is InChI=1S/C26H28N2O4S/c1-25(2)17-26(25,20-10-12-22(32-4)13-11-20)24(29)28-21-7-5-6-19(16-21)18-8-14-23(15-9-18)33(30,31)27-3/h5-16,27H,17H2,1-4H3,(H,28,29). The quantitative estimate of drug-likeness (QED) is 0.536. The van der Waals surface area contributed by atoms with Gasteiger partial charge in [0.05, 0.1) is 17.4 Å². The highest BCUT2D eigenvalue weighted by atomic mass is 32.2. The van der Waals surface area contributed by atoms with Crippen molar-refractivity contribution in [1.29, 1.82) is 0 Å². The van der Waals surface area contributed by atoms with E-state index in [1.54, 1.807) is 31.4 Å². The van der Waals surface area contributed by atoms with Crippen molar-refractivity contribution in [3.05, 3.63) is 78.4 Å². The summed E-state index contributed by atoms with van der Waals surface area (Å²) in [4.78, 5) is 13.7. The number of amides is 1. The average Bonchev–Trinajstić information content (AvgIpc) is 3.42. The smallest absolute Gasteiger partial charge is 0.240 e. The lowest BCUT2D eigenvalue weighted by molar-refractivity contribution is -0.119. The maximum absolute atomic E-state index is 13.5.